The lowest BCUT2D eigenvalue weighted by Gasteiger charge is -2.21. The molecule has 0 heterocycles. The van der Waals surface area contributed by atoms with E-state index in [4.69, 9.17) is 37.0 Å². The third kappa shape index (κ3) is 74.3. The van der Waals surface area contributed by atoms with E-state index < -0.39 is 97.5 Å². The molecule has 590 valence electrons. The number of esters is 4. The molecule has 0 radical (unpaired) electrons. The Hall–Kier alpha value is -4.02. The fourth-order valence-electron chi connectivity index (χ4n) is 10.8. The van der Waals surface area contributed by atoms with E-state index in [2.05, 4.69) is 125 Å². The Morgan fingerprint density at radius 2 is 0.510 bits per heavy atom. The van der Waals surface area contributed by atoms with Gasteiger partial charge < -0.3 is 33.8 Å². The molecule has 0 aliphatic rings. The number of phosphoric ester groups is 2. The summed E-state index contributed by atoms with van der Waals surface area (Å²) in [7, 11) is -9.97. The van der Waals surface area contributed by atoms with Crippen LogP contribution in [0.1, 0.15) is 349 Å². The minimum absolute atomic E-state index is 0.0794. The second-order valence-corrected chi connectivity index (χ2v) is 29.9. The predicted molar refractivity (Wildman–Crippen MR) is 418 cm³/mol. The number of unbranched alkanes of at least 4 members (excludes halogenated alkanes) is 34. The van der Waals surface area contributed by atoms with Gasteiger partial charge in [0.15, 0.2) is 12.2 Å². The van der Waals surface area contributed by atoms with Crippen LogP contribution in [0.5, 0.6) is 0 Å². The SMILES string of the molecule is CC/C=C\C/C=C\C/C=C\C/C=C\CCCCCCC(=O)OCC(COP(=O)(O)OCC(O)COP(=O)(O)OCC(COC(=O)CCCCCCC/C=C\C/C=C\CCCCC)OC(=O)CCCCCCC/C=C\CCCCCCCC)OC(=O)CCCCCCC/C=C\CCCCCCCC. The van der Waals surface area contributed by atoms with E-state index in [9.17, 15) is 43.2 Å². The first-order valence-electron chi connectivity index (χ1n) is 40.5. The number of aliphatic hydroxyl groups excluding tert-OH is 1. The summed E-state index contributed by atoms with van der Waals surface area (Å²) in [6, 6.07) is 0. The lowest BCUT2D eigenvalue weighted by Crippen LogP contribution is -2.30. The first-order chi connectivity index (χ1) is 49.7. The average molecular weight is 1480 g/mol. The molecule has 102 heavy (non-hydrogen) atoms. The molecular formula is C83H146O17P2. The van der Waals surface area contributed by atoms with Crippen molar-refractivity contribution in [1.82, 2.24) is 0 Å². The van der Waals surface area contributed by atoms with Crippen LogP contribution in [0, 0.1) is 0 Å². The molecule has 5 unspecified atom stereocenters. The number of rotatable bonds is 76. The van der Waals surface area contributed by atoms with Crippen LogP contribution in [-0.2, 0) is 65.4 Å². The number of ether oxygens (including phenoxy) is 4. The summed E-state index contributed by atoms with van der Waals surface area (Å²) >= 11 is 0. The van der Waals surface area contributed by atoms with Crippen LogP contribution in [-0.4, -0.2) is 96.7 Å². The summed E-state index contributed by atoms with van der Waals surface area (Å²) in [5, 5.41) is 10.6. The van der Waals surface area contributed by atoms with Gasteiger partial charge in [0.1, 0.15) is 19.3 Å². The van der Waals surface area contributed by atoms with Crippen molar-refractivity contribution in [3.63, 3.8) is 0 Å². The van der Waals surface area contributed by atoms with Crippen LogP contribution in [0.15, 0.2) is 97.2 Å². The van der Waals surface area contributed by atoms with Gasteiger partial charge >= 0.3 is 39.5 Å². The Morgan fingerprint density at radius 3 is 0.814 bits per heavy atom. The molecule has 3 N–H and O–H groups in total. The topological polar surface area (TPSA) is 237 Å². The van der Waals surface area contributed by atoms with Crippen molar-refractivity contribution < 1.29 is 80.2 Å². The quantitative estimate of drug-likeness (QED) is 0.0169. The minimum Gasteiger partial charge on any atom is -0.462 e. The number of phosphoric acid groups is 2. The molecule has 0 aliphatic heterocycles. The molecule has 0 aromatic carbocycles. The summed E-state index contributed by atoms with van der Waals surface area (Å²) < 4.78 is 68.6. The van der Waals surface area contributed by atoms with Gasteiger partial charge in [-0.05, 0) is 148 Å². The number of allylic oxidation sites excluding steroid dienone is 16. The average Bonchev–Trinajstić information content (AvgIpc) is 0.923. The first-order valence-corrected chi connectivity index (χ1v) is 43.5. The van der Waals surface area contributed by atoms with Gasteiger partial charge in [-0.15, -0.1) is 0 Å². The van der Waals surface area contributed by atoms with Gasteiger partial charge in [-0.1, -0.05) is 273 Å². The van der Waals surface area contributed by atoms with Crippen molar-refractivity contribution in [1.29, 1.82) is 0 Å². The molecule has 0 spiro atoms. The summed E-state index contributed by atoms with van der Waals surface area (Å²) in [5.41, 5.74) is 0. The van der Waals surface area contributed by atoms with Crippen LogP contribution in [0.2, 0.25) is 0 Å². The largest absolute Gasteiger partial charge is 0.472 e. The summed E-state index contributed by atoms with van der Waals surface area (Å²) in [6.07, 6.45) is 79.5. The highest BCUT2D eigenvalue weighted by Gasteiger charge is 2.30. The van der Waals surface area contributed by atoms with Gasteiger partial charge in [0.25, 0.3) is 0 Å². The molecule has 0 saturated carbocycles. The third-order valence-electron chi connectivity index (χ3n) is 17.0. The van der Waals surface area contributed by atoms with E-state index in [1.54, 1.807) is 0 Å². The molecule has 0 aliphatic carbocycles. The zero-order valence-corrected chi connectivity index (χ0v) is 66.3. The molecule has 0 amide bonds. The zero-order valence-electron chi connectivity index (χ0n) is 64.5. The van der Waals surface area contributed by atoms with Crippen LogP contribution >= 0.6 is 15.6 Å². The molecule has 5 atom stereocenters. The predicted octanol–water partition coefficient (Wildman–Crippen LogP) is 23.6. The van der Waals surface area contributed by atoms with Gasteiger partial charge in [0.05, 0.1) is 26.4 Å². The fraction of sp³-hybridized carbons (Fsp3) is 0.759. The van der Waals surface area contributed by atoms with Crippen molar-refractivity contribution in [2.45, 2.75) is 367 Å². The number of carbonyl (C=O) groups excluding carboxylic acids is 4. The normalized spacial score (nSPS) is 14.4. The zero-order chi connectivity index (χ0) is 74.6. The molecule has 0 bridgehead atoms. The molecule has 0 saturated heterocycles. The molecule has 0 aromatic rings. The fourth-order valence-corrected chi connectivity index (χ4v) is 12.4. The van der Waals surface area contributed by atoms with Crippen LogP contribution < -0.4 is 0 Å². The van der Waals surface area contributed by atoms with Gasteiger partial charge in [-0.2, -0.15) is 0 Å². The smallest absolute Gasteiger partial charge is 0.462 e. The molecule has 0 aromatic heterocycles. The first kappa shape index (κ1) is 98.0. The maximum absolute atomic E-state index is 13.1. The van der Waals surface area contributed by atoms with E-state index in [0.717, 1.165) is 173 Å². The lowest BCUT2D eigenvalue weighted by atomic mass is 10.1. The van der Waals surface area contributed by atoms with Crippen LogP contribution in [0.4, 0.5) is 0 Å². The minimum atomic E-state index is -4.98. The van der Waals surface area contributed by atoms with Gasteiger partial charge in [-0.25, -0.2) is 9.13 Å². The van der Waals surface area contributed by atoms with Crippen molar-refractivity contribution in [2.75, 3.05) is 39.6 Å². The molecular weight excluding hydrogens is 1330 g/mol. The lowest BCUT2D eigenvalue weighted by molar-refractivity contribution is -0.161. The summed E-state index contributed by atoms with van der Waals surface area (Å²) in [5.74, 6) is -2.22. The van der Waals surface area contributed by atoms with Gasteiger partial charge in [0, 0.05) is 25.7 Å². The number of aliphatic hydroxyl groups is 1. The second-order valence-electron chi connectivity index (χ2n) is 27.0. The maximum atomic E-state index is 13.1. The Morgan fingerprint density at radius 1 is 0.284 bits per heavy atom. The van der Waals surface area contributed by atoms with Crippen LogP contribution in [0.25, 0.3) is 0 Å². The Bertz CT molecular complexity index is 2310. The highest BCUT2D eigenvalue weighted by molar-refractivity contribution is 7.47. The van der Waals surface area contributed by atoms with Gasteiger partial charge in [-0.3, -0.25) is 37.3 Å². The number of hydrogen-bond acceptors (Lipinski definition) is 15. The van der Waals surface area contributed by atoms with E-state index >= 15 is 0 Å². The number of hydrogen-bond donors (Lipinski definition) is 3. The standard InChI is InChI=1S/C83H146O17P2/c1-5-9-13-17-21-25-29-33-37-38-42-44-48-52-56-60-64-68-81(86)94-74-79(100-83(88)70-66-62-58-54-50-46-41-36-32-28-24-20-16-12-8-4)76-98-102(91,92)96-72-77(84)71-95-101(89,90)97-75-78(99-82(87)69-65-61-57-53-49-45-40-35-31-27-23-19-15-11-7-3)73-93-80(85)67-63-59-55-51-47-43-39-34-30-26-22-18-14-10-6-2/h9,13,21-22,25-26,33-37,39-42,44,77-79,84H,5-8,10-12,14-20,23-24,27-32,38,43,45-76H2,1-4H3,(H,89,90)(H,91,92)/b13-9-,25-21-,26-22-,37-33-,39-34-,40-35-,41-36-,44-42-. The maximum Gasteiger partial charge on any atom is 0.472 e. The van der Waals surface area contributed by atoms with Crippen LogP contribution in [0.3, 0.4) is 0 Å². The third-order valence-corrected chi connectivity index (χ3v) is 18.9. The van der Waals surface area contributed by atoms with Crippen molar-refractivity contribution in [2.24, 2.45) is 0 Å². The molecule has 0 fully saturated rings. The van der Waals surface area contributed by atoms with E-state index in [-0.39, 0.29) is 25.7 Å². The van der Waals surface area contributed by atoms with Crippen molar-refractivity contribution in [3.05, 3.63) is 97.2 Å². The van der Waals surface area contributed by atoms with Crippen molar-refractivity contribution >= 4 is 39.5 Å². The summed E-state index contributed by atoms with van der Waals surface area (Å²) in [6.45, 7) is 4.71. The van der Waals surface area contributed by atoms with E-state index in [1.807, 2.05) is 0 Å². The second kappa shape index (κ2) is 75.2. The Balaban J connectivity index is 5.39. The van der Waals surface area contributed by atoms with Gasteiger partial charge in [0.2, 0.25) is 0 Å². The number of carbonyl (C=O) groups is 4. The van der Waals surface area contributed by atoms with Crippen molar-refractivity contribution in [3.8, 4) is 0 Å². The molecule has 0 rings (SSSR count). The molecule has 17 nitrogen and oxygen atoms in total. The monoisotopic (exact) mass is 1480 g/mol. The Labute approximate surface area is 620 Å². The Kier molecular flexibility index (Phi) is 72.3. The highest BCUT2D eigenvalue weighted by atomic mass is 31.2. The highest BCUT2D eigenvalue weighted by Crippen LogP contribution is 2.45. The van der Waals surface area contributed by atoms with E-state index in [1.165, 1.54) is 96.3 Å². The van der Waals surface area contributed by atoms with E-state index in [0.29, 0.717) is 25.7 Å². The summed E-state index contributed by atoms with van der Waals surface area (Å²) in [4.78, 5) is 73.0. The molecule has 19 heteroatoms.